The van der Waals surface area contributed by atoms with Crippen molar-refractivity contribution in [1.82, 2.24) is 0 Å². The first-order valence-electron chi connectivity index (χ1n) is 17.3. The van der Waals surface area contributed by atoms with Gasteiger partial charge >= 0.3 is 0 Å². The van der Waals surface area contributed by atoms with Gasteiger partial charge in [-0.25, -0.2) is 0 Å². The molecule has 0 aromatic heterocycles. The van der Waals surface area contributed by atoms with Crippen molar-refractivity contribution in [3.05, 3.63) is 156 Å². The maximum atomic E-state index is 3.72. The van der Waals surface area contributed by atoms with Gasteiger partial charge in [-0.1, -0.05) is 133 Å². The molecule has 0 aliphatic rings. The van der Waals surface area contributed by atoms with Gasteiger partial charge in [-0.05, 0) is 101 Å². The van der Waals surface area contributed by atoms with Crippen LogP contribution in [-0.4, -0.2) is 8.07 Å². The monoisotopic (exact) mass is 650 g/mol. The molecule has 49 heavy (non-hydrogen) atoms. The Balaban J connectivity index is 1.39. The zero-order valence-corrected chi connectivity index (χ0v) is 30.2. The molecule has 8 aromatic carbocycles. The van der Waals surface area contributed by atoms with Gasteiger partial charge in [0, 0.05) is 33.5 Å². The first kappa shape index (κ1) is 30.9. The van der Waals surface area contributed by atoms with E-state index in [-0.39, 0.29) is 0 Å². The Morgan fingerprint density at radius 3 is 1.80 bits per heavy atom. The minimum Gasteiger partial charge on any atom is -0.355 e. The van der Waals surface area contributed by atoms with Crippen molar-refractivity contribution < 1.29 is 0 Å². The molecule has 8 rings (SSSR count). The lowest BCUT2D eigenvalue weighted by Gasteiger charge is -2.31. The molecule has 0 fully saturated rings. The average Bonchev–Trinajstić information content (AvgIpc) is 3.10. The number of nitrogens with one attached hydrogen (secondary N) is 1. The quantitative estimate of drug-likeness (QED) is 0.136. The van der Waals surface area contributed by atoms with E-state index in [9.17, 15) is 0 Å². The summed E-state index contributed by atoms with van der Waals surface area (Å²) < 4.78 is 0. The van der Waals surface area contributed by atoms with Gasteiger partial charge in [-0.15, -0.1) is 0 Å². The Labute approximate surface area is 291 Å². The molecule has 8 aromatic rings. The summed E-state index contributed by atoms with van der Waals surface area (Å²) in [5.41, 5.74) is 12.2. The highest BCUT2D eigenvalue weighted by Crippen LogP contribution is 2.46. The van der Waals surface area contributed by atoms with Gasteiger partial charge in [0.05, 0.1) is 13.8 Å². The van der Waals surface area contributed by atoms with Gasteiger partial charge in [-0.2, -0.15) is 0 Å². The lowest BCUT2D eigenvalue weighted by atomic mass is 9.92. The third-order valence-electron chi connectivity index (χ3n) is 9.98. The van der Waals surface area contributed by atoms with Gasteiger partial charge < -0.3 is 10.2 Å². The average molecular weight is 651 g/mol. The standard InChI is InChI=1S/C46H42N2Si/c1-30-12-20-36(21-13-30)47-41-26-18-34-17-25-39-42(27-19-35-16-24-38(41)45(34)46(35)39)48(37-22-14-31(2)15-23-37)43-29-40(33-10-8-7-9-11-33)44(28-32(43)3)49(4,5)6/h7-29,47H,1-6H3. The summed E-state index contributed by atoms with van der Waals surface area (Å²) in [6.45, 7) is 13.9. The zero-order valence-electron chi connectivity index (χ0n) is 29.2. The van der Waals surface area contributed by atoms with Gasteiger partial charge in [-0.3, -0.25) is 0 Å². The Hall–Kier alpha value is -5.38. The molecule has 0 bridgehead atoms. The lowest BCUT2D eigenvalue weighted by molar-refractivity contribution is 1.26. The number of benzene rings is 8. The van der Waals surface area contributed by atoms with E-state index in [1.807, 2.05) is 0 Å². The van der Waals surface area contributed by atoms with Crippen molar-refractivity contribution in [2.24, 2.45) is 0 Å². The van der Waals surface area contributed by atoms with Crippen molar-refractivity contribution in [1.29, 1.82) is 0 Å². The SMILES string of the molecule is Cc1ccc(Nc2ccc3ccc4c(N(c5ccc(C)cc5)c5cc(-c6ccccc6)c([Si](C)(C)C)cc5C)ccc5ccc2c3c54)cc1. The van der Waals surface area contributed by atoms with Gasteiger partial charge in [0.2, 0.25) is 0 Å². The fraction of sp³-hybridized carbons (Fsp3) is 0.130. The minimum absolute atomic E-state index is 1.10. The van der Waals surface area contributed by atoms with Crippen LogP contribution in [0, 0.1) is 20.8 Å². The molecule has 0 spiro atoms. The van der Waals surface area contributed by atoms with Crippen LogP contribution in [0.15, 0.2) is 140 Å². The molecule has 3 heteroatoms. The fourth-order valence-corrected chi connectivity index (χ4v) is 9.07. The molecule has 0 aliphatic carbocycles. The molecule has 0 radical (unpaired) electrons. The zero-order chi connectivity index (χ0) is 33.9. The van der Waals surface area contributed by atoms with Crippen LogP contribution >= 0.6 is 0 Å². The number of hydrogen-bond donors (Lipinski definition) is 1. The van der Waals surface area contributed by atoms with Crippen molar-refractivity contribution in [3.63, 3.8) is 0 Å². The number of hydrogen-bond acceptors (Lipinski definition) is 2. The van der Waals surface area contributed by atoms with E-state index in [1.54, 1.807) is 0 Å². The maximum Gasteiger partial charge on any atom is 0.0784 e. The van der Waals surface area contributed by atoms with Crippen LogP contribution in [0.1, 0.15) is 16.7 Å². The van der Waals surface area contributed by atoms with Crippen LogP contribution in [0.3, 0.4) is 0 Å². The number of nitrogens with zero attached hydrogens (tertiary/aromatic N) is 1. The van der Waals surface area contributed by atoms with Crippen molar-refractivity contribution >= 4 is 74.0 Å². The van der Waals surface area contributed by atoms with Crippen molar-refractivity contribution in [2.45, 2.75) is 40.4 Å². The van der Waals surface area contributed by atoms with E-state index in [0.29, 0.717) is 0 Å². The molecule has 0 heterocycles. The van der Waals surface area contributed by atoms with E-state index in [4.69, 9.17) is 0 Å². The predicted molar refractivity (Wildman–Crippen MR) is 217 cm³/mol. The summed E-state index contributed by atoms with van der Waals surface area (Å²) in [6.07, 6.45) is 0. The first-order chi connectivity index (χ1) is 23.7. The van der Waals surface area contributed by atoms with Gasteiger partial charge in [0.15, 0.2) is 0 Å². The fourth-order valence-electron chi connectivity index (χ4n) is 7.40. The van der Waals surface area contributed by atoms with Crippen LogP contribution in [0.25, 0.3) is 43.4 Å². The van der Waals surface area contributed by atoms with Crippen molar-refractivity contribution in [2.75, 3.05) is 10.2 Å². The molecule has 0 unspecified atom stereocenters. The molecular formula is C46H42N2Si. The minimum atomic E-state index is -1.66. The van der Waals surface area contributed by atoms with E-state index in [2.05, 4.69) is 190 Å². The second-order valence-electron chi connectivity index (χ2n) is 14.6. The third kappa shape index (κ3) is 5.54. The van der Waals surface area contributed by atoms with Crippen LogP contribution < -0.4 is 15.4 Å². The number of anilines is 5. The second kappa shape index (κ2) is 11.9. The lowest BCUT2D eigenvalue weighted by Crippen LogP contribution is -2.39. The molecule has 0 saturated carbocycles. The van der Waals surface area contributed by atoms with Crippen LogP contribution in [-0.2, 0) is 0 Å². The predicted octanol–water partition coefficient (Wildman–Crippen LogP) is 12.9. The summed E-state index contributed by atoms with van der Waals surface area (Å²) >= 11 is 0. The highest BCUT2D eigenvalue weighted by atomic mass is 28.3. The van der Waals surface area contributed by atoms with Gasteiger partial charge in [0.1, 0.15) is 0 Å². The molecular weight excluding hydrogens is 609 g/mol. The highest BCUT2D eigenvalue weighted by Gasteiger charge is 2.26. The maximum absolute atomic E-state index is 3.72. The first-order valence-corrected chi connectivity index (χ1v) is 20.8. The molecule has 0 aliphatic heterocycles. The molecule has 2 nitrogen and oxygen atoms in total. The van der Waals surface area contributed by atoms with Crippen molar-refractivity contribution in [3.8, 4) is 11.1 Å². The number of rotatable bonds is 7. The van der Waals surface area contributed by atoms with E-state index < -0.39 is 8.07 Å². The number of aryl methyl sites for hydroxylation is 3. The normalized spacial score (nSPS) is 11.9. The molecule has 0 atom stereocenters. The molecule has 0 amide bonds. The third-order valence-corrected chi connectivity index (χ3v) is 12.0. The summed E-state index contributed by atoms with van der Waals surface area (Å²) in [5, 5.41) is 12.8. The Morgan fingerprint density at radius 1 is 0.531 bits per heavy atom. The van der Waals surface area contributed by atoms with Crippen LogP contribution in [0.5, 0.6) is 0 Å². The van der Waals surface area contributed by atoms with Gasteiger partial charge in [0.25, 0.3) is 0 Å². The Kier molecular flexibility index (Phi) is 7.54. The topological polar surface area (TPSA) is 15.3 Å². The summed E-state index contributed by atoms with van der Waals surface area (Å²) in [5.74, 6) is 0. The smallest absolute Gasteiger partial charge is 0.0784 e. The molecule has 0 saturated heterocycles. The summed E-state index contributed by atoms with van der Waals surface area (Å²) in [7, 11) is -1.66. The Bertz CT molecular complexity index is 2460. The highest BCUT2D eigenvalue weighted by molar-refractivity contribution is 6.89. The Morgan fingerprint density at radius 2 is 1.12 bits per heavy atom. The van der Waals surface area contributed by atoms with Crippen LogP contribution in [0.2, 0.25) is 19.6 Å². The molecule has 240 valence electrons. The summed E-state index contributed by atoms with van der Waals surface area (Å²) in [4.78, 5) is 2.49. The van der Waals surface area contributed by atoms with E-state index in [0.717, 1.165) is 17.1 Å². The van der Waals surface area contributed by atoms with E-state index in [1.165, 1.54) is 76.7 Å². The molecule has 1 N–H and O–H groups in total. The van der Waals surface area contributed by atoms with E-state index >= 15 is 0 Å². The second-order valence-corrected chi connectivity index (χ2v) is 19.6. The largest absolute Gasteiger partial charge is 0.355 e. The van der Waals surface area contributed by atoms with Crippen LogP contribution in [0.4, 0.5) is 28.4 Å². The summed E-state index contributed by atoms with van der Waals surface area (Å²) in [6, 6.07) is 51.8.